The molecule has 1 aliphatic rings. The summed E-state index contributed by atoms with van der Waals surface area (Å²) in [6, 6.07) is 5.79. The molecule has 4 rings (SSSR count). The Morgan fingerprint density at radius 2 is 2.23 bits per heavy atom. The monoisotopic (exact) mass is 408 g/mol. The van der Waals surface area contributed by atoms with Gasteiger partial charge >= 0.3 is 0 Å². The molecule has 8 heteroatoms. The lowest BCUT2D eigenvalue weighted by atomic mass is 9.93. The highest BCUT2D eigenvalue weighted by Gasteiger charge is 2.24. The fraction of sp³-hybridized carbons (Fsp3) is 0.500. The number of piperidine rings is 1. The van der Waals surface area contributed by atoms with Gasteiger partial charge in [-0.05, 0) is 57.2 Å². The van der Waals surface area contributed by atoms with E-state index in [0.29, 0.717) is 30.6 Å². The van der Waals surface area contributed by atoms with Crippen LogP contribution in [0.3, 0.4) is 0 Å². The zero-order chi connectivity index (χ0) is 20.9. The van der Waals surface area contributed by atoms with E-state index in [1.165, 1.54) is 0 Å². The van der Waals surface area contributed by atoms with E-state index < -0.39 is 0 Å². The molecule has 0 N–H and O–H groups in total. The van der Waals surface area contributed by atoms with Crippen LogP contribution in [0.1, 0.15) is 42.9 Å². The Bertz CT molecular complexity index is 981. The first-order valence-electron chi connectivity index (χ1n) is 10.6. The van der Waals surface area contributed by atoms with Crippen molar-refractivity contribution in [2.24, 2.45) is 5.92 Å². The normalized spacial score (nSPS) is 16.7. The van der Waals surface area contributed by atoms with E-state index in [0.717, 1.165) is 55.7 Å². The fourth-order valence-corrected chi connectivity index (χ4v) is 4.08. The molecule has 0 bridgehead atoms. The largest absolute Gasteiger partial charge is 0.342 e. The van der Waals surface area contributed by atoms with Crippen molar-refractivity contribution in [2.75, 3.05) is 13.1 Å². The number of hydrogen-bond donors (Lipinski definition) is 0. The van der Waals surface area contributed by atoms with E-state index in [4.69, 9.17) is 4.52 Å². The molecule has 1 fully saturated rings. The third-order valence-corrected chi connectivity index (χ3v) is 5.67. The number of amides is 1. The van der Waals surface area contributed by atoms with Crippen LogP contribution in [0.5, 0.6) is 0 Å². The first-order chi connectivity index (χ1) is 14.6. The average Bonchev–Trinajstić information content (AvgIpc) is 3.37. The predicted molar refractivity (Wildman–Crippen MR) is 111 cm³/mol. The van der Waals surface area contributed by atoms with Crippen molar-refractivity contribution in [1.29, 1.82) is 0 Å². The maximum Gasteiger partial charge on any atom is 0.259 e. The van der Waals surface area contributed by atoms with Gasteiger partial charge < -0.3 is 9.42 Å². The van der Waals surface area contributed by atoms with E-state index in [1.54, 1.807) is 12.4 Å². The first kappa shape index (κ1) is 20.3. The number of hydrogen-bond acceptors (Lipinski definition) is 6. The van der Waals surface area contributed by atoms with Crippen molar-refractivity contribution in [2.45, 2.75) is 52.5 Å². The zero-order valence-corrected chi connectivity index (χ0v) is 17.6. The van der Waals surface area contributed by atoms with Crippen LogP contribution in [0.4, 0.5) is 0 Å². The second-order valence-electron chi connectivity index (χ2n) is 8.04. The minimum absolute atomic E-state index is 0.214. The van der Waals surface area contributed by atoms with E-state index in [-0.39, 0.29) is 5.91 Å². The van der Waals surface area contributed by atoms with Crippen LogP contribution in [0.2, 0.25) is 0 Å². The van der Waals surface area contributed by atoms with E-state index in [1.807, 2.05) is 41.6 Å². The first-order valence-corrected chi connectivity index (χ1v) is 10.6. The van der Waals surface area contributed by atoms with Gasteiger partial charge in [0.05, 0.1) is 11.3 Å². The lowest BCUT2D eigenvalue weighted by Gasteiger charge is -2.32. The van der Waals surface area contributed by atoms with Crippen LogP contribution in [-0.2, 0) is 17.8 Å². The highest BCUT2D eigenvalue weighted by Crippen LogP contribution is 2.23. The van der Waals surface area contributed by atoms with Crippen molar-refractivity contribution in [1.82, 2.24) is 29.8 Å². The molecule has 0 saturated carbocycles. The summed E-state index contributed by atoms with van der Waals surface area (Å²) in [5, 5.41) is 8.55. The van der Waals surface area contributed by atoms with Crippen LogP contribution in [-0.4, -0.2) is 48.8 Å². The number of pyridine rings is 1. The number of rotatable bonds is 7. The van der Waals surface area contributed by atoms with Gasteiger partial charge in [-0.2, -0.15) is 10.1 Å². The minimum atomic E-state index is 0.214. The van der Waals surface area contributed by atoms with Gasteiger partial charge in [-0.15, -0.1) is 0 Å². The molecular formula is C22H28N6O2. The molecule has 0 spiro atoms. The summed E-state index contributed by atoms with van der Waals surface area (Å²) < 4.78 is 7.28. The van der Waals surface area contributed by atoms with Crippen molar-refractivity contribution in [3.63, 3.8) is 0 Å². The minimum Gasteiger partial charge on any atom is -0.342 e. The Morgan fingerprint density at radius 1 is 1.33 bits per heavy atom. The third-order valence-electron chi connectivity index (χ3n) is 5.67. The molecule has 158 valence electrons. The Labute approximate surface area is 176 Å². The number of carbonyl (C=O) groups excluding carboxylic acids is 1. The SMILES string of the molecule is Cc1cc(C)n(CCC(=O)N2CCCC(CCc3noc(-c4cccnc4)n3)C2)n1. The van der Waals surface area contributed by atoms with Gasteiger partial charge in [0.2, 0.25) is 5.91 Å². The topological polar surface area (TPSA) is 89.9 Å². The number of nitrogens with zero attached hydrogens (tertiary/aromatic N) is 6. The lowest BCUT2D eigenvalue weighted by molar-refractivity contribution is -0.133. The molecule has 1 amide bonds. The summed E-state index contributed by atoms with van der Waals surface area (Å²) in [4.78, 5) is 23.3. The molecule has 30 heavy (non-hydrogen) atoms. The number of likely N-dealkylation sites (tertiary alicyclic amines) is 1. The second-order valence-corrected chi connectivity index (χ2v) is 8.04. The summed E-state index contributed by atoms with van der Waals surface area (Å²) in [5.41, 5.74) is 2.92. The Balaban J connectivity index is 1.26. The number of aryl methyl sites for hydroxylation is 4. The maximum absolute atomic E-state index is 12.7. The fourth-order valence-electron chi connectivity index (χ4n) is 4.08. The molecular weight excluding hydrogens is 380 g/mol. The maximum atomic E-state index is 12.7. The van der Waals surface area contributed by atoms with Gasteiger partial charge in [-0.1, -0.05) is 5.16 Å². The van der Waals surface area contributed by atoms with Crippen LogP contribution >= 0.6 is 0 Å². The summed E-state index contributed by atoms with van der Waals surface area (Å²) in [7, 11) is 0. The van der Waals surface area contributed by atoms with Gasteiger partial charge in [-0.25, -0.2) is 0 Å². The highest BCUT2D eigenvalue weighted by molar-refractivity contribution is 5.76. The molecule has 1 saturated heterocycles. The molecule has 3 aromatic rings. The molecule has 1 atom stereocenters. The average molecular weight is 409 g/mol. The number of aromatic nitrogens is 5. The summed E-state index contributed by atoms with van der Waals surface area (Å²) in [6.07, 6.45) is 7.81. The Kier molecular flexibility index (Phi) is 6.21. The standard InChI is InChI=1S/C22H28N6O2/c1-16-13-17(2)28(25-16)12-9-21(29)27-11-4-5-18(15-27)7-8-20-24-22(30-26-20)19-6-3-10-23-14-19/h3,6,10,13-14,18H,4-5,7-9,11-12,15H2,1-2H3. The molecule has 1 unspecified atom stereocenters. The third kappa shape index (κ3) is 4.93. The van der Waals surface area contributed by atoms with Crippen molar-refractivity contribution < 1.29 is 9.32 Å². The second kappa shape index (κ2) is 9.19. The summed E-state index contributed by atoms with van der Waals surface area (Å²) in [6.45, 7) is 6.30. The van der Waals surface area contributed by atoms with Crippen molar-refractivity contribution in [3.8, 4) is 11.5 Å². The van der Waals surface area contributed by atoms with Gasteiger partial charge in [0.15, 0.2) is 5.82 Å². The van der Waals surface area contributed by atoms with E-state index in [9.17, 15) is 4.79 Å². The van der Waals surface area contributed by atoms with Gasteiger partial charge in [-0.3, -0.25) is 14.5 Å². The van der Waals surface area contributed by atoms with Crippen LogP contribution in [0.15, 0.2) is 35.1 Å². The molecule has 0 aromatic carbocycles. The zero-order valence-electron chi connectivity index (χ0n) is 17.6. The van der Waals surface area contributed by atoms with Crippen LogP contribution in [0, 0.1) is 19.8 Å². The smallest absolute Gasteiger partial charge is 0.259 e. The van der Waals surface area contributed by atoms with Gasteiger partial charge in [0.25, 0.3) is 5.89 Å². The summed E-state index contributed by atoms with van der Waals surface area (Å²) in [5.74, 6) is 1.90. The van der Waals surface area contributed by atoms with Gasteiger partial charge in [0, 0.05) is 50.6 Å². The van der Waals surface area contributed by atoms with Crippen LogP contribution < -0.4 is 0 Å². The van der Waals surface area contributed by atoms with Crippen molar-refractivity contribution >= 4 is 5.91 Å². The van der Waals surface area contributed by atoms with E-state index in [2.05, 4.69) is 20.2 Å². The molecule has 1 aliphatic heterocycles. The predicted octanol–water partition coefficient (Wildman–Crippen LogP) is 3.21. The number of carbonyl (C=O) groups is 1. The van der Waals surface area contributed by atoms with E-state index >= 15 is 0 Å². The van der Waals surface area contributed by atoms with Crippen LogP contribution in [0.25, 0.3) is 11.5 Å². The summed E-state index contributed by atoms with van der Waals surface area (Å²) >= 11 is 0. The molecule has 0 radical (unpaired) electrons. The molecule has 0 aliphatic carbocycles. The molecule has 4 heterocycles. The lowest BCUT2D eigenvalue weighted by Crippen LogP contribution is -2.40. The van der Waals surface area contributed by atoms with Crippen molar-refractivity contribution in [3.05, 3.63) is 47.8 Å². The molecule has 3 aromatic heterocycles. The Morgan fingerprint density at radius 3 is 3.00 bits per heavy atom. The highest BCUT2D eigenvalue weighted by atomic mass is 16.5. The quantitative estimate of drug-likeness (QED) is 0.596. The Hall–Kier alpha value is -3.03. The molecule has 8 nitrogen and oxygen atoms in total. The van der Waals surface area contributed by atoms with Gasteiger partial charge in [0.1, 0.15) is 0 Å².